The summed E-state index contributed by atoms with van der Waals surface area (Å²) in [7, 11) is 0. The topological polar surface area (TPSA) is 51.5 Å². The summed E-state index contributed by atoms with van der Waals surface area (Å²) in [6, 6.07) is 22.8. The molecule has 0 aliphatic heterocycles. The van der Waals surface area contributed by atoms with E-state index in [1.807, 2.05) is 22.7 Å². The van der Waals surface area contributed by atoms with Crippen LogP contribution in [0.5, 0.6) is 0 Å². The number of hydrogen-bond acceptors (Lipinski definition) is 6. The lowest BCUT2D eigenvalue weighted by atomic mass is 9.84. The predicted octanol–water partition coefficient (Wildman–Crippen LogP) is 20.2. The monoisotopic (exact) mass is 908 g/mol. The molecule has 338 valence electrons. The van der Waals surface area contributed by atoms with E-state index in [0.29, 0.717) is 0 Å². The molecule has 0 fully saturated rings. The van der Waals surface area contributed by atoms with Gasteiger partial charge in [0.25, 0.3) is 0 Å². The van der Waals surface area contributed by atoms with E-state index in [-0.39, 0.29) is 5.41 Å². The van der Waals surface area contributed by atoms with Crippen molar-refractivity contribution in [2.75, 3.05) is 5.73 Å². The fourth-order valence-corrected chi connectivity index (χ4v) is 13.2. The molecule has 0 atom stereocenters. The van der Waals surface area contributed by atoms with Crippen LogP contribution >= 0.6 is 22.7 Å². The quantitative estimate of drug-likeness (QED) is 0.0373. The van der Waals surface area contributed by atoms with E-state index in [4.69, 9.17) is 22.6 Å². The Hall–Kier alpha value is -3.84. The van der Waals surface area contributed by atoms with Gasteiger partial charge in [-0.15, -0.1) is 22.7 Å². The van der Waals surface area contributed by atoms with Gasteiger partial charge in [0.05, 0.1) is 15.1 Å². The minimum absolute atomic E-state index is 0.0262. The molecular formula is C58H72N2OS3. The van der Waals surface area contributed by atoms with Crippen LogP contribution in [0.25, 0.3) is 74.1 Å². The molecule has 5 aromatic carbocycles. The Morgan fingerprint density at radius 3 is 1.83 bits per heavy atom. The molecule has 0 spiro atoms. The number of benzene rings is 5. The average molecular weight is 909 g/mol. The van der Waals surface area contributed by atoms with E-state index >= 15 is 0 Å². The summed E-state index contributed by atoms with van der Waals surface area (Å²) in [5.41, 5.74) is 16.1. The molecule has 0 saturated heterocycles. The highest BCUT2D eigenvalue weighted by Gasteiger charge is 2.26. The molecule has 0 radical (unpaired) electrons. The van der Waals surface area contributed by atoms with Gasteiger partial charge in [-0.05, 0) is 93.1 Å². The van der Waals surface area contributed by atoms with Crippen molar-refractivity contribution >= 4 is 110 Å². The van der Waals surface area contributed by atoms with E-state index < -0.39 is 0 Å². The molecule has 0 aliphatic carbocycles. The number of anilines is 1. The van der Waals surface area contributed by atoms with Gasteiger partial charge in [0.15, 0.2) is 0 Å². The van der Waals surface area contributed by atoms with Crippen LogP contribution in [0, 0.1) is 0 Å². The molecule has 6 heteroatoms. The summed E-state index contributed by atoms with van der Waals surface area (Å²) in [6.45, 7) is 11.5. The molecule has 2 N–H and O–H groups in total. The Balaban J connectivity index is 1.18. The zero-order chi connectivity index (χ0) is 44.6. The second kappa shape index (κ2) is 21.6. The Bertz CT molecular complexity index is 2850. The van der Waals surface area contributed by atoms with Crippen molar-refractivity contribution in [1.82, 2.24) is 0 Å². The minimum atomic E-state index is 0.0262. The highest BCUT2D eigenvalue weighted by Crippen LogP contribution is 2.53. The van der Waals surface area contributed by atoms with Crippen molar-refractivity contribution in [2.24, 2.45) is 4.36 Å². The SMILES string of the molecule is CCCCCCCCCCCCc1csc2c1c(N)c(N=S)c1c(CCCCCCCCCCCC)c(-c3ccc4c5ccc(C(C)(C)C)cc5c5oc6ccccc6c5c4c3)sc12. The van der Waals surface area contributed by atoms with Gasteiger partial charge in [-0.25, -0.2) is 0 Å². The first kappa shape index (κ1) is 46.7. The molecule has 0 saturated carbocycles. The lowest BCUT2D eigenvalue weighted by Gasteiger charge is -2.20. The number of thiophene rings is 2. The third-order valence-corrected chi connectivity index (χ3v) is 16.7. The van der Waals surface area contributed by atoms with E-state index in [9.17, 15) is 0 Å². The van der Waals surface area contributed by atoms with Crippen LogP contribution in [0.4, 0.5) is 11.4 Å². The van der Waals surface area contributed by atoms with Gasteiger partial charge in [0.2, 0.25) is 0 Å². The van der Waals surface area contributed by atoms with Gasteiger partial charge in [-0.1, -0.05) is 193 Å². The number of fused-ring (bicyclic) bond motifs is 11. The molecule has 0 unspecified atom stereocenters. The van der Waals surface area contributed by atoms with Crippen molar-refractivity contribution in [1.29, 1.82) is 0 Å². The minimum Gasteiger partial charge on any atom is -0.455 e. The van der Waals surface area contributed by atoms with Gasteiger partial charge in [-0.3, -0.25) is 0 Å². The molecule has 0 bridgehead atoms. The largest absolute Gasteiger partial charge is 0.455 e. The number of hydrogen-bond donors (Lipinski definition) is 1. The third kappa shape index (κ3) is 9.96. The maximum absolute atomic E-state index is 7.24. The normalized spacial score (nSPS) is 12.4. The second-order valence-electron chi connectivity index (χ2n) is 19.9. The maximum atomic E-state index is 7.24. The van der Waals surface area contributed by atoms with Crippen LogP contribution in [-0.4, -0.2) is 0 Å². The summed E-state index contributed by atoms with van der Waals surface area (Å²) in [5.74, 6) is 0. The van der Waals surface area contributed by atoms with Gasteiger partial charge >= 0.3 is 0 Å². The van der Waals surface area contributed by atoms with Gasteiger partial charge < -0.3 is 10.2 Å². The molecule has 0 amide bonds. The number of nitrogens with two attached hydrogens (primary N) is 1. The number of para-hydroxylation sites is 1. The van der Waals surface area contributed by atoms with Crippen molar-refractivity contribution < 1.29 is 4.42 Å². The first-order valence-corrected chi connectivity index (χ1v) is 27.2. The van der Waals surface area contributed by atoms with E-state index in [1.165, 1.54) is 202 Å². The number of aryl methyl sites for hydroxylation is 2. The van der Waals surface area contributed by atoms with Crippen LogP contribution in [0.2, 0.25) is 0 Å². The second-order valence-corrected chi connectivity index (χ2v) is 22.0. The zero-order valence-corrected chi connectivity index (χ0v) is 42.0. The van der Waals surface area contributed by atoms with Crippen LogP contribution in [0.1, 0.15) is 180 Å². The van der Waals surface area contributed by atoms with Crippen molar-refractivity contribution in [3.63, 3.8) is 0 Å². The van der Waals surface area contributed by atoms with Crippen LogP contribution in [-0.2, 0) is 30.7 Å². The maximum Gasteiger partial charge on any atom is 0.143 e. The standard InChI is InChI=1S/C58H72N2OS3/c1-6-8-10-12-14-16-18-20-22-24-28-40-38-63-56-49(40)52(59)53(60-62)51-45(30-25-23-21-19-17-15-13-11-9-7-2)55(64-57(51)56)39-32-34-42-43-35-33-41(58(3,4)5)37-47(43)54-50(46(42)36-39)44-29-26-27-31-48(44)61-54/h26-27,29,31-38H,6-25,28,30,59H2,1-5H3. The van der Waals surface area contributed by atoms with Crippen molar-refractivity contribution in [2.45, 2.75) is 181 Å². The van der Waals surface area contributed by atoms with Gasteiger partial charge in [-0.2, -0.15) is 4.36 Å². The molecule has 64 heavy (non-hydrogen) atoms. The van der Waals surface area contributed by atoms with E-state index in [1.54, 1.807) is 0 Å². The summed E-state index contributed by atoms with van der Waals surface area (Å²) < 4.78 is 14.0. The number of rotatable bonds is 24. The van der Waals surface area contributed by atoms with Crippen LogP contribution in [0.15, 0.2) is 74.8 Å². The van der Waals surface area contributed by atoms with Gasteiger partial charge in [0, 0.05) is 44.2 Å². The fourth-order valence-electron chi connectivity index (χ4n) is 10.4. The molecule has 3 heterocycles. The smallest absolute Gasteiger partial charge is 0.143 e. The fraction of sp³-hybridized carbons (Fsp3) is 0.483. The third-order valence-electron chi connectivity index (χ3n) is 14.1. The Labute approximate surface area is 396 Å². The molecule has 3 aromatic heterocycles. The number of nitrogen functional groups attached to an aromatic ring is 1. The summed E-state index contributed by atoms with van der Waals surface area (Å²) in [6.07, 6.45) is 28.6. The van der Waals surface area contributed by atoms with Crippen molar-refractivity contribution in [3.05, 3.63) is 82.7 Å². The molecule has 8 rings (SSSR count). The molecule has 8 aromatic rings. The first-order valence-electron chi connectivity index (χ1n) is 25.2. The lowest BCUT2D eigenvalue weighted by molar-refractivity contribution is 0.556. The predicted molar refractivity (Wildman–Crippen MR) is 289 cm³/mol. The highest BCUT2D eigenvalue weighted by atomic mass is 32.1. The highest BCUT2D eigenvalue weighted by molar-refractivity contribution is 7.47. The van der Waals surface area contributed by atoms with Crippen LogP contribution < -0.4 is 5.73 Å². The molecule has 0 aliphatic rings. The molecular weight excluding hydrogens is 837 g/mol. The number of unbranched alkanes of at least 4 members (excludes halogenated alkanes) is 18. The average Bonchev–Trinajstić information content (AvgIpc) is 4.02. The van der Waals surface area contributed by atoms with E-state index in [2.05, 4.69) is 105 Å². The van der Waals surface area contributed by atoms with Gasteiger partial charge in [0.1, 0.15) is 16.9 Å². The Morgan fingerprint density at radius 1 is 0.594 bits per heavy atom. The number of nitrogens with zero attached hydrogens (tertiary/aromatic N) is 1. The molecule has 3 nitrogen and oxygen atoms in total. The van der Waals surface area contributed by atoms with E-state index in [0.717, 1.165) is 41.8 Å². The first-order chi connectivity index (χ1) is 31.2. The Kier molecular flexibility index (Phi) is 15.8. The number of furan rings is 1. The zero-order valence-electron chi connectivity index (χ0n) is 39.6. The van der Waals surface area contributed by atoms with Crippen molar-refractivity contribution in [3.8, 4) is 10.4 Å². The lowest BCUT2D eigenvalue weighted by Crippen LogP contribution is -2.10. The van der Waals surface area contributed by atoms with Crippen LogP contribution in [0.3, 0.4) is 0 Å². The Morgan fingerprint density at radius 2 is 1.19 bits per heavy atom. The summed E-state index contributed by atoms with van der Waals surface area (Å²) in [4.78, 5) is 1.33. The summed E-state index contributed by atoms with van der Waals surface area (Å²) >= 11 is 9.48. The summed E-state index contributed by atoms with van der Waals surface area (Å²) in [5, 5.41) is 12.1.